The van der Waals surface area contributed by atoms with E-state index in [0.717, 1.165) is 0 Å². The van der Waals surface area contributed by atoms with E-state index < -0.39 is 0 Å². The van der Waals surface area contributed by atoms with Gasteiger partial charge in [0.2, 0.25) is 5.28 Å². The number of aromatic nitrogens is 2. The van der Waals surface area contributed by atoms with Crippen molar-refractivity contribution in [3.63, 3.8) is 0 Å². The molecule has 0 amide bonds. The van der Waals surface area contributed by atoms with Gasteiger partial charge in [-0.05, 0) is 17.7 Å². The van der Waals surface area contributed by atoms with Crippen LogP contribution in [0.1, 0.15) is 5.69 Å². The summed E-state index contributed by atoms with van der Waals surface area (Å²) in [4.78, 5) is 7.44. The van der Waals surface area contributed by atoms with Gasteiger partial charge in [0, 0.05) is 6.54 Å². The average Bonchev–Trinajstić information content (AvgIpc) is 1.85. The molecule has 0 aliphatic carbocycles. The summed E-state index contributed by atoms with van der Waals surface area (Å²) in [6, 6.07) is 1.58. The topological polar surface area (TPSA) is 51.8 Å². The number of rotatable bonds is 1. The number of halogens is 2. The van der Waals surface area contributed by atoms with E-state index in [1.807, 2.05) is 0 Å². The molecule has 1 rings (SSSR count). The van der Waals surface area contributed by atoms with E-state index in [4.69, 9.17) is 28.9 Å². The van der Waals surface area contributed by atoms with Crippen molar-refractivity contribution in [3.05, 3.63) is 22.2 Å². The lowest BCUT2D eigenvalue weighted by atomic mass is 10.4. The fraction of sp³-hybridized carbons (Fsp3) is 0.200. The standard InChI is InChI=1S/C5H5Cl2N3/c6-4-1-3(2-8)9-5(7)10-4/h1H,2,8H2. The molecular weight excluding hydrogens is 173 g/mol. The molecule has 1 heterocycles. The molecule has 0 saturated heterocycles. The number of nitrogens with two attached hydrogens (primary N) is 1. The molecule has 0 saturated carbocycles. The Labute approximate surface area is 68.2 Å². The summed E-state index contributed by atoms with van der Waals surface area (Å²) < 4.78 is 0. The van der Waals surface area contributed by atoms with Crippen LogP contribution in [0.15, 0.2) is 6.07 Å². The summed E-state index contributed by atoms with van der Waals surface area (Å²) in [5.74, 6) is 0. The molecule has 10 heavy (non-hydrogen) atoms. The maximum Gasteiger partial charge on any atom is 0.224 e. The Morgan fingerprint density at radius 3 is 2.60 bits per heavy atom. The molecule has 0 spiro atoms. The minimum absolute atomic E-state index is 0.132. The van der Waals surface area contributed by atoms with Crippen LogP contribution in [0.4, 0.5) is 0 Å². The Morgan fingerprint density at radius 1 is 1.40 bits per heavy atom. The molecule has 0 radical (unpaired) electrons. The highest BCUT2D eigenvalue weighted by Gasteiger charge is 1.97. The molecule has 2 N–H and O–H groups in total. The zero-order chi connectivity index (χ0) is 7.56. The molecule has 0 unspecified atom stereocenters. The zero-order valence-electron chi connectivity index (χ0n) is 5.01. The zero-order valence-corrected chi connectivity index (χ0v) is 6.52. The van der Waals surface area contributed by atoms with Gasteiger partial charge in [-0.3, -0.25) is 0 Å². The molecule has 0 bridgehead atoms. The fourth-order valence-electron chi connectivity index (χ4n) is 0.538. The maximum absolute atomic E-state index is 5.54. The van der Waals surface area contributed by atoms with Crippen LogP contribution in [0.25, 0.3) is 0 Å². The summed E-state index contributed by atoms with van der Waals surface area (Å²) in [6.07, 6.45) is 0. The Balaban J connectivity index is 3.06. The van der Waals surface area contributed by atoms with Gasteiger partial charge in [-0.25, -0.2) is 9.97 Å². The molecule has 0 fully saturated rings. The first kappa shape index (κ1) is 7.72. The number of hydrogen-bond acceptors (Lipinski definition) is 3. The van der Waals surface area contributed by atoms with Crippen molar-refractivity contribution in [1.82, 2.24) is 9.97 Å². The van der Waals surface area contributed by atoms with Gasteiger partial charge in [-0.2, -0.15) is 0 Å². The lowest BCUT2D eigenvalue weighted by molar-refractivity contribution is 0.964. The van der Waals surface area contributed by atoms with Gasteiger partial charge in [0.15, 0.2) is 0 Å². The van der Waals surface area contributed by atoms with E-state index in [1.165, 1.54) is 0 Å². The van der Waals surface area contributed by atoms with E-state index in [9.17, 15) is 0 Å². The minimum atomic E-state index is 0.132. The smallest absolute Gasteiger partial charge is 0.224 e. The summed E-state index contributed by atoms with van der Waals surface area (Å²) in [7, 11) is 0. The highest BCUT2D eigenvalue weighted by molar-refractivity contribution is 6.31. The molecule has 54 valence electrons. The van der Waals surface area contributed by atoms with E-state index in [1.54, 1.807) is 6.07 Å². The number of nitrogens with zero attached hydrogens (tertiary/aromatic N) is 2. The second kappa shape index (κ2) is 3.14. The maximum atomic E-state index is 5.54. The highest BCUT2D eigenvalue weighted by Crippen LogP contribution is 2.09. The third-order valence-electron chi connectivity index (χ3n) is 0.930. The lowest BCUT2D eigenvalue weighted by Crippen LogP contribution is -2.00. The van der Waals surface area contributed by atoms with Gasteiger partial charge in [-0.1, -0.05) is 11.6 Å². The predicted octanol–water partition coefficient (Wildman–Crippen LogP) is 1.24. The van der Waals surface area contributed by atoms with Crippen LogP contribution in [0, 0.1) is 0 Å². The Morgan fingerprint density at radius 2 is 2.10 bits per heavy atom. The van der Waals surface area contributed by atoms with E-state index in [0.29, 0.717) is 17.4 Å². The first-order chi connectivity index (χ1) is 4.72. The lowest BCUT2D eigenvalue weighted by Gasteiger charge is -1.95. The highest BCUT2D eigenvalue weighted by atomic mass is 35.5. The van der Waals surface area contributed by atoms with Gasteiger partial charge in [0.05, 0.1) is 5.69 Å². The van der Waals surface area contributed by atoms with Gasteiger partial charge >= 0.3 is 0 Å². The molecule has 0 aromatic carbocycles. The fourth-order valence-corrected chi connectivity index (χ4v) is 0.987. The van der Waals surface area contributed by atoms with Gasteiger partial charge in [0.1, 0.15) is 5.15 Å². The van der Waals surface area contributed by atoms with Crippen molar-refractivity contribution >= 4 is 23.2 Å². The van der Waals surface area contributed by atoms with Crippen molar-refractivity contribution in [2.75, 3.05) is 0 Å². The normalized spacial score (nSPS) is 9.90. The van der Waals surface area contributed by atoms with Crippen molar-refractivity contribution < 1.29 is 0 Å². The third-order valence-corrected chi connectivity index (χ3v) is 1.29. The average molecular weight is 178 g/mol. The van der Waals surface area contributed by atoms with Crippen molar-refractivity contribution in [3.8, 4) is 0 Å². The van der Waals surface area contributed by atoms with Crippen LogP contribution >= 0.6 is 23.2 Å². The van der Waals surface area contributed by atoms with Crippen molar-refractivity contribution in [2.24, 2.45) is 5.73 Å². The van der Waals surface area contributed by atoms with Crippen LogP contribution in [0.5, 0.6) is 0 Å². The summed E-state index contributed by atoms with van der Waals surface area (Å²) in [6.45, 7) is 0.321. The summed E-state index contributed by atoms with van der Waals surface area (Å²) in [5.41, 5.74) is 5.92. The van der Waals surface area contributed by atoms with Gasteiger partial charge in [-0.15, -0.1) is 0 Å². The van der Waals surface area contributed by atoms with Gasteiger partial charge < -0.3 is 5.73 Å². The molecular formula is C5H5Cl2N3. The quantitative estimate of drug-likeness (QED) is 0.519. The van der Waals surface area contributed by atoms with Crippen LogP contribution in [-0.4, -0.2) is 9.97 Å². The third kappa shape index (κ3) is 1.80. The van der Waals surface area contributed by atoms with Crippen LogP contribution in [-0.2, 0) is 6.54 Å². The number of hydrogen-bond donors (Lipinski definition) is 1. The minimum Gasteiger partial charge on any atom is -0.325 e. The second-order valence-corrected chi connectivity index (χ2v) is 2.38. The summed E-state index contributed by atoms with van der Waals surface area (Å²) in [5, 5.41) is 0.452. The monoisotopic (exact) mass is 177 g/mol. The molecule has 0 atom stereocenters. The SMILES string of the molecule is NCc1cc(Cl)nc(Cl)n1. The van der Waals surface area contributed by atoms with Crippen LogP contribution in [0.3, 0.4) is 0 Å². The summed E-state index contributed by atoms with van der Waals surface area (Å²) >= 11 is 11.0. The van der Waals surface area contributed by atoms with Gasteiger partial charge in [0.25, 0.3) is 0 Å². The Hall–Kier alpha value is -0.380. The Bertz CT molecular complexity index is 218. The largest absolute Gasteiger partial charge is 0.325 e. The van der Waals surface area contributed by atoms with Crippen LogP contribution in [0.2, 0.25) is 10.4 Å². The first-order valence-electron chi connectivity index (χ1n) is 2.61. The Kier molecular flexibility index (Phi) is 2.43. The van der Waals surface area contributed by atoms with E-state index in [-0.39, 0.29) is 5.28 Å². The van der Waals surface area contributed by atoms with Crippen molar-refractivity contribution in [2.45, 2.75) is 6.54 Å². The predicted molar refractivity (Wildman–Crippen MR) is 39.9 cm³/mol. The van der Waals surface area contributed by atoms with E-state index >= 15 is 0 Å². The molecule has 0 aliphatic rings. The van der Waals surface area contributed by atoms with Crippen LogP contribution < -0.4 is 5.73 Å². The van der Waals surface area contributed by atoms with Crippen molar-refractivity contribution in [1.29, 1.82) is 0 Å². The second-order valence-electron chi connectivity index (χ2n) is 1.66. The first-order valence-corrected chi connectivity index (χ1v) is 3.37. The molecule has 1 aromatic heterocycles. The van der Waals surface area contributed by atoms with E-state index in [2.05, 4.69) is 9.97 Å². The molecule has 0 aliphatic heterocycles. The molecule has 5 heteroatoms. The molecule has 3 nitrogen and oxygen atoms in total. The molecule has 1 aromatic rings.